The minimum absolute atomic E-state index is 0.106. The molecule has 0 bridgehead atoms. The smallest absolute Gasteiger partial charge is 0.0779 e. The summed E-state index contributed by atoms with van der Waals surface area (Å²) < 4.78 is 5.75. The second-order valence-electron chi connectivity index (χ2n) is 5.43. The molecule has 2 N–H and O–H groups in total. The minimum Gasteiger partial charge on any atom is -0.374 e. The van der Waals surface area contributed by atoms with Gasteiger partial charge in [0, 0.05) is 13.2 Å². The van der Waals surface area contributed by atoms with Gasteiger partial charge in [-0.1, -0.05) is 6.92 Å². The Hall–Kier alpha value is -0.120. The molecule has 15 heavy (non-hydrogen) atoms. The van der Waals surface area contributed by atoms with Crippen molar-refractivity contribution in [3.8, 4) is 0 Å². The Morgan fingerprint density at radius 2 is 2.33 bits per heavy atom. The van der Waals surface area contributed by atoms with E-state index in [-0.39, 0.29) is 5.60 Å². The second-order valence-corrected chi connectivity index (χ2v) is 5.43. The van der Waals surface area contributed by atoms with Gasteiger partial charge in [-0.05, 0) is 51.2 Å². The van der Waals surface area contributed by atoms with Crippen LogP contribution in [0.25, 0.3) is 0 Å². The van der Waals surface area contributed by atoms with Crippen LogP contribution in [0.4, 0.5) is 0 Å². The average Bonchev–Trinajstić information content (AvgIpc) is 2.78. The van der Waals surface area contributed by atoms with Gasteiger partial charge in [-0.15, -0.1) is 0 Å². The van der Waals surface area contributed by atoms with Crippen LogP contribution in [-0.2, 0) is 4.74 Å². The molecule has 88 valence electrons. The first-order valence-corrected chi connectivity index (χ1v) is 6.25. The van der Waals surface area contributed by atoms with Crippen LogP contribution in [0.3, 0.4) is 0 Å². The summed E-state index contributed by atoms with van der Waals surface area (Å²) in [5.41, 5.74) is 0.106. The topological polar surface area (TPSA) is 33.3 Å². The third-order valence-electron chi connectivity index (χ3n) is 3.88. The van der Waals surface area contributed by atoms with Crippen LogP contribution in [0.15, 0.2) is 0 Å². The fraction of sp³-hybridized carbons (Fsp3) is 1.00. The highest BCUT2D eigenvalue weighted by Crippen LogP contribution is 2.24. The molecule has 2 fully saturated rings. The summed E-state index contributed by atoms with van der Waals surface area (Å²) in [6, 6.07) is 0. The largest absolute Gasteiger partial charge is 0.374 e. The normalized spacial score (nSPS) is 41.2. The van der Waals surface area contributed by atoms with E-state index in [9.17, 15) is 0 Å². The van der Waals surface area contributed by atoms with E-state index < -0.39 is 0 Å². The molecule has 2 rings (SSSR count). The predicted molar refractivity (Wildman–Crippen MR) is 62.0 cm³/mol. The zero-order chi connectivity index (χ0) is 10.7. The highest BCUT2D eigenvalue weighted by molar-refractivity contribution is 4.85. The predicted octanol–water partition coefficient (Wildman–Crippen LogP) is 1.00. The van der Waals surface area contributed by atoms with E-state index >= 15 is 0 Å². The van der Waals surface area contributed by atoms with Gasteiger partial charge in [0.2, 0.25) is 0 Å². The van der Waals surface area contributed by atoms with Gasteiger partial charge < -0.3 is 15.4 Å². The fourth-order valence-corrected chi connectivity index (χ4v) is 2.64. The van der Waals surface area contributed by atoms with Crippen LogP contribution in [0.5, 0.6) is 0 Å². The molecule has 2 saturated heterocycles. The second kappa shape index (κ2) is 4.81. The molecular formula is C12H24N2O. The van der Waals surface area contributed by atoms with Gasteiger partial charge in [-0.3, -0.25) is 0 Å². The summed E-state index contributed by atoms with van der Waals surface area (Å²) in [5, 5.41) is 7.01. The van der Waals surface area contributed by atoms with Crippen LogP contribution in [-0.4, -0.2) is 38.4 Å². The zero-order valence-electron chi connectivity index (χ0n) is 10.0. The summed E-state index contributed by atoms with van der Waals surface area (Å²) in [7, 11) is 0. The maximum Gasteiger partial charge on any atom is 0.0779 e. The molecule has 3 nitrogen and oxygen atoms in total. The summed E-state index contributed by atoms with van der Waals surface area (Å²) >= 11 is 0. The lowest BCUT2D eigenvalue weighted by molar-refractivity contribution is 0.0202. The van der Waals surface area contributed by atoms with Crippen LogP contribution in [0.2, 0.25) is 0 Å². The van der Waals surface area contributed by atoms with Crippen molar-refractivity contribution in [2.45, 2.75) is 32.3 Å². The lowest BCUT2D eigenvalue weighted by Crippen LogP contribution is -2.40. The molecule has 0 aromatic heterocycles. The van der Waals surface area contributed by atoms with Gasteiger partial charge in [0.15, 0.2) is 0 Å². The number of hydrogen-bond donors (Lipinski definition) is 2. The van der Waals surface area contributed by atoms with Crippen molar-refractivity contribution in [3.05, 3.63) is 0 Å². The molecule has 0 saturated carbocycles. The Kier molecular flexibility index (Phi) is 3.65. The molecule has 0 aromatic carbocycles. The molecule has 3 heteroatoms. The first-order valence-electron chi connectivity index (χ1n) is 6.25. The van der Waals surface area contributed by atoms with Crippen LogP contribution >= 0.6 is 0 Å². The monoisotopic (exact) mass is 212 g/mol. The molecule has 2 aliphatic rings. The Morgan fingerprint density at radius 1 is 1.47 bits per heavy atom. The SMILES string of the molecule is C[C@@H]1CNC[C@H]1CNCC1(C)CCCO1. The quantitative estimate of drug-likeness (QED) is 0.729. The fourth-order valence-electron chi connectivity index (χ4n) is 2.64. The van der Waals surface area contributed by atoms with Gasteiger partial charge in [-0.2, -0.15) is 0 Å². The molecule has 0 amide bonds. The van der Waals surface area contributed by atoms with Gasteiger partial charge in [0.25, 0.3) is 0 Å². The highest BCUT2D eigenvalue weighted by atomic mass is 16.5. The molecule has 2 aliphatic heterocycles. The van der Waals surface area contributed by atoms with E-state index in [1.165, 1.54) is 25.9 Å². The van der Waals surface area contributed by atoms with Crippen molar-refractivity contribution in [2.24, 2.45) is 11.8 Å². The van der Waals surface area contributed by atoms with Crippen molar-refractivity contribution in [1.82, 2.24) is 10.6 Å². The standard InChI is InChI=1S/C12H24N2O/c1-10-6-13-7-11(10)8-14-9-12(2)4-3-5-15-12/h10-11,13-14H,3-9H2,1-2H3/t10-,11+,12?/m1/s1. The number of nitrogens with one attached hydrogen (secondary N) is 2. The molecule has 3 atom stereocenters. The molecular weight excluding hydrogens is 188 g/mol. The first kappa shape index (κ1) is 11.4. The van der Waals surface area contributed by atoms with Crippen LogP contribution in [0.1, 0.15) is 26.7 Å². The Bertz CT molecular complexity index is 202. The Balaban J connectivity index is 1.65. The minimum atomic E-state index is 0.106. The van der Waals surface area contributed by atoms with Crippen LogP contribution < -0.4 is 10.6 Å². The summed E-state index contributed by atoms with van der Waals surface area (Å²) in [5.74, 6) is 1.62. The van der Waals surface area contributed by atoms with Gasteiger partial charge in [0.1, 0.15) is 0 Å². The number of ether oxygens (including phenoxy) is 1. The maximum atomic E-state index is 5.75. The van der Waals surface area contributed by atoms with Crippen molar-refractivity contribution in [1.29, 1.82) is 0 Å². The first-order chi connectivity index (χ1) is 7.20. The van der Waals surface area contributed by atoms with Gasteiger partial charge in [0.05, 0.1) is 5.60 Å². The molecule has 0 aromatic rings. The summed E-state index contributed by atoms with van der Waals surface area (Å²) in [6.45, 7) is 10.00. The average molecular weight is 212 g/mol. The van der Waals surface area contributed by atoms with Crippen molar-refractivity contribution >= 4 is 0 Å². The van der Waals surface area contributed by atoms with E-state index in [1.807, 2.05) is 0 Å². The lowest BCUT2D eigenvalue weighted by Gasteiger charge is -2.25. The van der Waals surface area contributed by atoms with Crippen LogP contribution in [0, 0.1) is 11.8 Å². The van der Waals surface area contributed by atoms with E-state index in [4.69, 9.17) is 4.74 Å². The third-order valence-corrected chi connectivity index (χ3v) is 3.88. The Labute approximate surface area is 93.0 Å². The number of hydrogen-bond acceptors (Lipinski definition) is 3. The van der Waals surface area contributed by atoms with E-state index in [2.05, 4.69) is 24.5 Å². The maximum absolute atomic E-state index is 5.75. The summed E-state index contributed by atoms with van der Waals surface area (Å²) in [6.07, 6.45) is 2.43. The van der Waals surface area contributed by atoms with Gasteiger partial charge in [-0.25, -0.2) is 0 Å². The number of rotatable bonds is 4. The van der Waals surface area contributed by atoms with E-state index in [0.29, 0.717) is 0 Å². The van der Waals surface area contributed by atoms with Crippen molar-refractivity contribution in [3.63, 3.8) is 0 Å². The Morgan fingerprint density at radius 3 is 2.93 bits per heavy atom. The zero-order valence-corrected chi connectivity index (χ0v) is 10.0. The van der Waals surface area contributed by atoms with Gasteiger partial charge >= 0.3 is 0 Å². The van der Waals surface area contributed by atoms with Crippen molar-refractivity contribution in [2.75, 3.05) is 32.8 Å². The third kappa shape index (κ3) is 2.92. The summed E-state index contributed by atoms with van der Waals surface area (Å²) in [4.78, 5) is 0. The van der Waals surface area contributed by atoms with E-state index in [0.717, 1.165) is 31.5 Å². The molecule has 2 heterocycles. The molecule has 0 aliphatic carbocycles. The lowest BCUT2D eigenvalue weighted by atomic mass is 9.97. The highest BCUT2D eigenvalue weighted by Gasteiger charge is 2.30. The van der Waals surface area contributed by atoms with Crippen molar-refractivity contribution < 1.29 is 4.74 Å². The van der Waals surface area contributed by atoms with E-state index in [1.54, 1.807) is 0 Å². The molecule has 0 radical (unpaired) electrons. The molecule has 1 unspecified atom stereocenters. The molecule has 0 spiro atoms.